The molecule has 26 heavy (non-hydrogen) atoms. The molecule has 136 valence electrons. The van der Waals surface area contributed by atoms with Gasteiger partial charge in [0, 0.05) is 17.3 Å². The van der Waals surface area contributed by atoms with Crippen molar-refractivity contribution in [1.82, 2.24) is 9.38 Å². The van der Waals surface area contributed by atoms with Gasteiger partial charge in [-0.15, -0.1) is 11.8 Å². The number of nitrogens with zero attached hydrogens (tertiary/aromatic N) is 2. The number of imidazole rings is 1. The van der Waals surface area contributed by atoms with E-state index >= 15 is 0 Å². The van der Waals surface area contributed by atoms with Gasteiger partial charge in [-0.3, -0.25) is 9.20 Å². The van der Waals surface area contributed by atoms with Crippen molar-refractivity contribution in [1.29, 1.82) is 0 Å². The fraction of sp³-hybridized carbons (Fsp3) is 0.263. The standard InChI is InChI=1S/C19H19ClN2O3S/c1-4-25-17(23)11-16-19(26-3)22-9-5-6-14(18(22)21-16)13-8-7-12(24-2)10-15(13)20/h5-10H,4,11H2,1-3H3. The number of rotatable bonds is 6. The minimum absolute atomic E-state index is 0.140. The predicted molar refractivity (Wildman–Crippen MR) is 104 cm³/mol. The van der Waals surface area contributed by atoms with Crippen molar-refractivity contribution >= 4 is 35.0 Å². The maximum absolute atomic E-state index is 11.9. The average molecular weight is 391 g/mol. The predicted octanol–water partition coefficient (Wildman–Crippen LogP) is 4.49. The number of esters is 1. The molecule has 0 N–H and O–H groups in total. The summed E-state index contributed by atoms with van der Waals surface area (Å²) in [4.78, 5) is 16.6. The van der Waals surface area contributed by atoms with Crippen LogP contribution in [0.3, 0.4) is 0 Å². The monoisotopic (exact) mass is 390 g/mol. The van der Waals surface area contributed by atoms with Gasteiger partial charge in [0.25, 0.3) is 0 Å². The molecule has 0 aliphatic heterocycles. The largest absolute Gasteiger partial charge is 0.497 e. The van der Waals surface area contributed by atoms with Crippen molar-refractivity contribution in [3.8, 4) is 16.9 Å². The van der Waals surface area contributed by atoms with Crippen LogP contribution in [0.1, 0.15) is 12.6 Å². The molecule has 0 spiro atoms. The van der Waals surface area contributed by atoms with Crippen LogP contribution in [0.5, 0.6) is 5.75 Å². The van der Waals surface area contributed by atoms with Crippen molar-refractivity contribution in [3.63, 3.8) is 0 Å². The molecule has 1 aromatic carbocycles. The van der Waals surface area contributed by atoms with Gasteiger partial charge >= 0.3 is 5.97 Å². The summed E-state index contributed by atoms with van der Waals surface area (Å²) in [5.41, 5.74) is 3.21. The van der Waals surface area contributed by atoms with Crippen LogP contribution in [-0.4, -0.2) is 35.3 Å². The summed E-state index contributed by atoms with van der Waals surface area (Å²) in [6.45, 7) is 2.15. The molecule has 0 aliphatic carbocycles. The Morgan fingerprint density at radius 3 is 2.77 bits per heavy atom. The molecular formula is C19H19ClN2O3S. The molecule has 3 aromatic rings. The van der Waals surface area contributed by atoms with E-state index in [9.17, 15) is 4.79 Å². The van der Waals surface area contributed by atoms with Gasteiger partial charge in [-0.25, -0.2) is 4.98 Å². The molecular weight excluding hydrogens is 372 g/mol. The van der Waals surface area contributed by atoms with Gasteiger partial charge in [0.1, 0.15) is 16.4 Å². The van der Waals surface area contributed by atoms with Gasteiger partial charge in [0.05, 0.1) is 30.9 Å². The lowest BCUT2D eigenvalue weighted by Gasteiger charge is -2.08. The summed E-state index contributed by atoms with van der Waals surface area (Å²) < 4.78 is 12.3. The van der Waals surface area contributed by atoms with E-state index in [1.165, 1.54) is 0 Å². The van der Waals surface area contributed by atoms with Gasteiger partial charge in [0.15, 0.2) is 0 Å². The number of fused-ring (bicyclic) bond motifs is 1. The molecule has 0 saturated carbocycles. The summed E-state index contributed by atoms with van der Waals surface area (Å²) in [6, 6.07) is 9.46. The van der Waals surface area contributed by atoms with Crippen molar-refractivity contribution in [3.05, 3.63) is 47.2 Å². The van der Waals surface area contributed by atoms with Crippen LogP contribution in [0.25, 0.3) is 16.8 Å². The van der Waals surface area contributed by atoms with Gasteiger partial charge < -0.3 is 9.47 Å². The molecule has 0 unspecified atom stereocenters. The molecule has 0 saturated heterocycles. The average Bonchev–Trinajstić information content (AvgIpc) is 2.98. The molecule has 0 fully saturated rings. The zero-order valence-electron chi connectivity index (χ0n) is 14.8. The number of hydrogen-bond acceptors (Lipinski definition) is 5. The number of benzene rings is 1. The number of ether oxygens (including phenoxy) is 2. The van der Waals surface area contributed by atoms with E-state index in [4.69, 9.17) is 26.1 Å². The second-order valence-electron chi connectivity index (χ2n) is 5.51. The van der Waals surface area contributed by atoms with Crippen molar-refractivity contribution in [2.75, 3.05) is 20.0 Å². The first-order chi connectivity index (χ1) is 12.6. The van der Waals surface area contributed by atoms with Gasteiger partial charge in [-0.05, 0) is 43.5 Å². The van der Waals surface area contributed by atoms with Crippen LogP contribution in [0.4, 0.5) is 0 Å². The number of halogens is 1. The SMILES string of the molecule is CCOC(=O)Cc1nc2c(-c3ccc(OC)cc3Cl)cccn2c1SC. The second kappa shape index (κ2) is 8.01. The van der Waals surface area contributed by atoms with Crippen LogP contribution in [-0.2, 0) is 16.0 Å². The lowest BCUT2D eigenvalue weighted by Crippen LogP contribution is -2.08. The van der Waals surface area contributed by atoms with Crippen LogP contribution in [0.2, 0.25) is 5.02 Å². The number of thioether (sulfide) groups is 1. The molecule has 0 radical (unpaired) electrons. The maximum Gasteiger partial charge on any atom is 0.311 e. The normalized spacial score (nSPS) is 10.9. The lowest BCUT2D eigenvalue weighted by molar-refractivity contribution is -0.142. The Bertz CT molecular complexity index is 955. The summed E-state index contributed by atoms with van der Waals surface area (Å²) in [6.07, 6.45) is 4.04. The number of pyridine rings is 1. The highest BCUT2D eigenvalue weighted by Crippen LogP contribution is 2.35. The van der Waals surface area contributed by atoms with Gasteiger partial charge in [-0.2, -0.15) is 0 Å². The Morgan fingerprint density at radius 2 is 2.12 bits per heavy atom. The molecule has 5 nitrogen and oxygen atoms in total. The van der Waals surface area contributed by atoms with E-state index in [0.29, 0.717) is 23.1 Å². The molecule has 2 heterocycles. The highest BCUT2D eigenvalue weighted by atomic mass is 35.5. The molecule has 3 rings (SSSR count). The topological polar surface area (TPSA) is 52.8 Å². The minimum atomic E-state index is -0.282. The number of carbonyl (C=O) groups is 1. The van der Waals surface area contributed by atoms with E-state index in [1.807, 2.05) is 41.1 Å². The third-order valence-electron chi connectivity index (χ3n) is 3.95. The Hall–Kier alpha value is -2.18. The highest BCUT2D eigenvalue weighted by Gasteiger charge is 2.19. The highest BCUT2D eigenvalue weighted by molar-refractivity contribution is 7.98. The Morgan fingerprint density at radius 1 is 1.31 bits per heavy atom. The number of carbonyl (C=O) groups excluding carboxylic acids is 1. The van der Waals surface area contributed by atoms with Gasteiger partial charge in [0.2, 0.25) is 0 Å². The van der Waals surface area contributed by atoms with Crippen molar-refractivity contribution < 1.29 is 14.3 Å². The smallest absolute Gasteiger partial charge is 0.311 e. The summed E-state index contributed by atoms with van der Waals surface area (Å²) in [5.74, 6) is 0.414. The van der Waals surface area contributed by atoms with Crippen LogP contribution >= 0.6 is 23.4 Å². The summed E-state index contributed by atoms with van der Waals surface area (Å²) >= 11 is 8.00. The Labute approximate surface area is 161 Å². The van der Waals surface area contributed by atoms with Crippen molar-refractivity contribution in [2.45, 2.75) is 18.4 Å². The number of hydrogen-bond donors (Lipinski definition) is 0. The first kappa shape index (κ1) is 18.6. The minimum Gasteiger partial charge on any atom is -0.497 e. The molecule has 7 heteroatoms. The summed E-state index contributed by atoms with van der Waals surface area (Å²) in [5, 5.41) is 1.50. The zero-order valence-corrected chi connectivity index (χ0v) is 16.4. The quantitative estimate of drug-likeness (QED) is 0.458. The Kier molecular flexibility index (Phi) is 5.74. The molecule has 0 amide bonds. The number of aromatic nitrogens is 2. The fourth-order valence-electron chi connectivity index (χ4n) is 2.82. The van der Waals surface area contributed by atoms with Gasteiger partial charge in [-0.1, -0.05) is 11.6 Å². The lowest BCUT2D eigenvalue weighted by atomic mass is 10.1. The molecule has 0 atom stereocenters. The fourth-order valence-corrected chi connectivity index (χ4v) is 3.79. The van der Waals surface area contributed by atoms with E-state index in [2.05, 4.69) is 0 Å². The third-order valence-corrected chi connectivity index (χ3v) is 5.08. The van der Waals surface area contributed by atoms with E-state index < -0.39 is 0 Å². The first-order valence-corrected chi connectivity index (χ1v) is 9.72. The summed E-state index contributed by atoms with van der Waals surface area (Å²) in [7, 11) is 1.60. The zero-order chi connectivity index (χ0) is 18.7. The third kappa shape index (κ3) is 3.52. The van der Waals surface area contributed by atoms with Crippen LogP contribution < -0.4 is 4.74 Å². The van der Waals surface area contributed by atoms with E-state index in [1.54, 1.807) is 31.9 Å². The van der Waals surface area contributed by atoms with Crippen molar-refractivity contribution in [2.24, 2.45) is 0 Å². The van der Waals surface area contributed by atoms with E-state index in [0.717, 1.165) is 21.8 Å². The van der Waals surface area contributed by atoms with Crippen LogP contribution in [0, 0.1) is 0 Å². The first-order valence-electron chi connectivity index (χ1n) is 8.12. The van der Waals surface area contributed by atoms with Crippen LogP contribution in [0.15, 0.2) is 41.6 Å². The molecule has 0 bridgehead atoms. The molecule has 2 aromatic heterocycles. The Balaban J connectivity index is 2.13. The second-order valence-corrected chi connectivity index (χ2v) is 6.71. The maximum atomic E-state index is 11.9. The molecule has 0 aliphatic rings. The number of methoxy groups -OCH3 is 1. The van der Waals surface area contributed by atoms with E-state index in [-0.39, 0.29) is 12.4 Å².